The predicted octanol–water partition coefficient (Wildman–Crippen LogP) is 3.20. The lowest BCUT2D eigenvalue weighted by atomic mass is 9.80. The second-order valence-electron chi connectivity index (χ2n) is 9.46. The highest BCUT2D eigenvalue weighted by molar-refractivity contribution is 5.82. The number of urea groups is 1. The first-order chi connectivity index (χ1) is 15.5. The third-order valence-electron chi connectivity index (χ3n) is 7.39. The summed E-state index contributed by atoms with van der Waals surface area (Å²) in [5, 5.41) is 6.14. The molecule has 7 heteroatoms. The molecule has 2 aliphatic heterocycles. The largest absolute Gasteiger partial charge is 0.376 e. The third-order valence-corrected chi connectivity index (χ3v) is 7.39. The van der Waals surface area contributed by atoms with E-state index >= 15 is 0 Å². The van der Waals surface area contributed by atoms with Gasteiger partial charge >= 0.3 is 6.03 Å². The van der Waals surface area contributed by atoms with E-state index in [1.807, 2.05) is 11.8 Å². The number of amides is 3. The fraction of sp³-hybridized carbons (Fsp3) is 0.680. The fourth-order valence-electron chi connectivity index (χ4n) is 5.49. The fourth-order valence-corrected chi connectivity index (χ4v) is 5.49. The number of benzene rings is 1. The Bertz CT molecular complexity index is 781. The Labute approximate surface area is 191 Å². The van der Waals surface area contributed by atoms with E-state index in [9.17, 15) is 9.59 Å². The molecule has 2 saturated heterocycles. The van der Waals surface area contributed by atoms with Gasteiger partial charge in [0.15, 0.2) is 0 Å². The molecule has 32 heavy (non-hydrogen) atoms. The van der Waals surface area contributed by atoms with Crippen molar-refractivity contribution in [2.24, 2.45) is 0 Å². The number of hydrogen-bond donors (Lipinski definition) is 2. The predicted molar refractivity (Wildman–Crippen MR) is 122 cm³/mol. The van der Waals surface area contributed by atoms with Crippen molar-refractivity contribution in [1.82, 2.24) is 15.5 Å². The Morgan fingerprint density at radius 1 is 1.25 bits per heavy atom. The second kappa shape index (κ2) is 10.2. The summed E-state index contributed by atoms with van der Waals surface area (Å²) in [6.45, 7) is 5.73. The number of ether oxygens (including phenoxy) is 2. The van der Waals surface area contributed by atoms with Gasteiger partial charge in [-0.2, -0.15) is 0 Å². The second-order valence-corrected chi connectivity index (χ2v) is 9.46. The van der Waals surface area contributed by atoms with Crippen molar-refractivity contribution >= 4 is 11.9 Å². The molecule has 0 radical (unpaired) electrons. The summed E-state index contributed by atoms with van der Waals surface area (Å²) in [7, 11) is 0. The van der Waals surface area contributed by atoms with Gasteiger partial charge in [0.25, 0.3) is 0 Å². The highest BCUT2D eigenvalue weighted by atomic mass is 16.5. The summed E-state index contributed by atoms with van der Waals surface area (Å²) in [5.41, 5.74) is 0.824. The molecule has 1 aromatic rings. The van der Waals surface area contributed by atoms with Crippen molar-refractivity contribution in [2.45, 2.75) is 82.1 Å². The molecule has 1 aromatic carbocycles. The first kappa shape index (κ1) is 23.1. The Morgan fingerprint density at radius 2 is 2.00 bits per heavy atom. The zero-order valence-electron chi connectivity index (χ0n) is 19.3. The van der Waals surface area contributed by atoms with Gasteiger partial charge in [0.1, 0.15) is 6.10 Å². The minimum absolute atomic E-state index is 0.0965. The van der Waals surface area contributed by atoms with Crippen LogP contribution in [0.2, 0.25) is 0 Å². The zero-order chi connectivity index (χ0) is 22.6. The van der Waals surface area contributed by atoms with Gasteiger partial charge < -0.3 is 25.0 Å². The molecule has 1 spiro atoms. The van der Waals surface area contributed by atoms with Gasteiger partial charge in [-0.3, -0.25) is 4.79 Å². The minimum atomic E-state index is -0.589. The van der Waals surface area contributed by atoms with Crippen molar-refractivity contribution in [3.63, 3.8) is 0 Å². The number of nitrogens with one attached hydrogen (secondary N) is 2. The topological polar surface area (TPSA) is 79.9 Å². The summed E-state index contributed by atoms with van der Waals surface area (Å²) in [5.74, 6) is 0.485. The Morgan fingerprint density at radius 3 is 2.69 bits per heavy atom. The smallest absolute Gasteiger partial charge is 0.317 e. The monoisotopic (exact) mass is 443 g/mol. The zero-order valence-corrected chi connectivity index (χ0v) is 19.3. The SMILES string of the molecule is CCNC(=O)N1CCCC2(COC(C)C(=O)N2)C1COC1CCC(c2ccccc2)CC1. The molecule has 3 atom stereocenters. The summed E-state index contributed by atoms with van der Waals surface area (Å²) in [6.07, 6.45) is 5.59. The lowest BCUT2D eigenvalue weighted by Gasteiger charge is -2.52. The molecule has 2 N–H and O–H groups in total. The maximum absolute atomic E-state index is 12.8. The highest BCUT2D eigenvalue weighted by Crippen LogP contribution is 2.36. The molecule has 3 fully saturated rings. The van der Waals surface area contributed by atoms with E-state index < -0.39 is 11.6 Å². The number of nitrogens with zero attached hydrogens (tertiary/aromatic N) is 1. The number of carbonyl (C=O) groups excluding carboxylic acids is 2. The third kappa shape index (κ3) is 4.94. The lowest BCUT2D eigenvalue weighted by Crippen LogP contribution is -2.73. The van der Waals surface area contributed by atoms with Crippen LogP contribution in [0.4, 0.5) is 4.79 Å². The van der Waals surface area contributed by atoms with E-state index in [4.69, 9.17) is 9.47 Å². The Balaban J connectivity index is 1.42. The summed E-state index contributed by atoms with van der Waals surface area (Å²) < 4.78 is 12.3. The summed E-state index contributed by atoms with van der Waals surface area (Å²) >= 11 is 0. The van der Waals surface area contributed by atoms with Crippen LogP contribution in [0.1, 0.15) is 63.9 Å². The molecule has 3 amide bonds. The van der Waals surface area contributed by atoms with Gasteiger partial charge in [0, 0.05) is 13.1 Å². The molecule has 0 bridgehead atoms. The van der Waals surface area contributed by atoms with Crippen LogP contribution < -0.4 is 10.6 Å². The molecule has 2 heterocycles. The van der Waals surface area contributed by atoms with Crippen LogP contribution in [0.25, 0.3) is 0 Å². The number of hydrogen-bond acceptors (Lipinski definition) is 4. The number of rotatable bonds is 5. The van der Waals surface area contributed by atoms with Crippen LogP contribution in [0.3, 0.4) is 0 Å². The number of carbonyl (C=O) groups is 2. The molecule has 3 aliphatic rings. The first-order valence-corrected chi connectivity index (χ1v) is 12.2. The maximum Gasteiger partial charge on any atom is 0.317 e. The van der Waals surface area contributed by atoms with Gasteiger partial charge in [0.05, 0.1) is 30.9 Å². The van der Waals surface area contributed by atoms with Gasteiger partial charge in [-0.05, 0) is 63.9 Å². The molecule has 1 saturated carbocycles. The van der Waals surface area contributed by atoms with Crippen molar-refractivity contribution in [1.29, 1.82) is 0 Å². The van der Waals surface area contributed by atoms with Gasteiger partial charge in [-0.15, -0.1) is 0 Å². The Kier molecular flexibility index (Phi) is 7.36. The molecule has 176 valence electrons. The summed E-state index contributed by atoms with van der Waals surface area (Å²) in [6, 6.07) is 10.4. The average molecular weight is 444 g/mol. The Hall–Kier alpha value is -2.12. The van der Waals surface area contributed by atoms with Crippen LogP contribution in [0.5, 0.6) is 0 Å². The van der Waals surface area contributed by atoms with Crippen LogP contribution in [0.15, 0.2) is 30.3 Å². The molecule has 1 aliphatic carbocycles. The van der Waals surface area contributed by atoms with Gasteiger partial charge in [-0.1, -0.05) is 30.3 Å². The highest BCUT2D eigenvalue weighted by Gasteiger charge is 2.50. The summed E-state index contributed by atoms with van der Waals surface area (Å²) in [4.78, 5) is 27.2. The van der Waals surface area contributed by atoms with Gasteiger partial charge in [-0.25, -0.2) is 4.79 Å². The number of morpholine rings is 1. The minimum Gasteiger partial charge on any atom is -0.376 e. The van der Waals surface area contributed by atoms with E-state index in [0.29, 0.717) is 32.2 Å². The normalized spacial score (nSPS) is 33.1. The van der Waals surface area contributed by atoms with Gasteiger partial charge in [0.2, 0.25) is 5.91 Å². The molecule has 7 nitrogen and oxygen atoms in total. The van der Waals surface area contributed by atoms with Crippen LogP contribution in [-0.2, 0) is 14.3 Å². The van der Waals surface area contributed by atoms with E-state index in [1.54, 1.807) is 6.92 Å². The number of likely N-dealkylation sites (tertiary alicyclic amines) is 1. The van der Waals surface area contributed by atoms with E-state index in [1.165, 1.54) is 5.56 Å². The standard InChI is InChI=1S/C25H37N3O4/c1-3-26-24(30)28-15-7-14-25(17-32-18(2)23(29)27-25)22(28)16-31-21-12-10-20(11-13-21)19-8-5-4-6-9-19/h4-6,8-9,18,20-22H,3,7,10-17H2,1-2H3,(H,26,30)(H,27,29). The van der Waals surface area contributed by atoms with E-state index in [0.717, 1.165) is 38.5 Å². The maximum atomic E-state index is 12.8. The van der Waals surface area contributed by atoms with Crippen LogP contribution in [-0.4, -0.2) is 66.9 Å². The lowest BCUT2D eigenvalue weighted by molar-refractivity contribution is -0.153. The van der Waals surface area contributed by atoms with E-state index in [2.05, 4.69) is 41.0 Å². The number of piperidine rings is 1. The van der Waals surface area contributed by atoms with Crippen molar-refractivity contribution in [2.75, 3.05) is 26.3 Å². The van der Waals surface area contributed by atoms with Crippen LogP contribution in [0, 0.1) is 0 Å². The molecular formula is C25H37N3O4. The van der Waals surface area contributed by atoms with Crippen molar-refractivity contribution < 1.29 is 19.1 Å². The van der Waals surface area contributed by atoms with Crippen molar-refractivity contribution in [3.8, 4) is 0 Å². The molecule has 0 aromatic heterocycles. The first-order valence-electron chi connectivity index (χ1n) is 12.2. The molecule has 3 unspecified atom stereocenters. The molecule has 4 rings (SSSR count). The van der Waals surface area contributed by atoms with Crippen LogP contribution >= 0.6 is 0 Å². The van der Waals surface area contributed by atoms with Crippen molar-refractivity contribution in [3.05, 3.63) is 35.9 Å². The average Bonchev–Trinajstić information content (AvgIpc) is 2.82. The quantitative estimate of drug-likeness (QED) is 0.733. The van der Waals surface area contributed by atoms with E-state index in [-0.39, 0.29) is 24.1 Å². The molecular weight excluding hydrogens is 406 g/mol.